The topological polar surface area (TPSA) is 135 Å². The van der Waals surface area contributed by atoms with Crippen LogP contribution in [0.4, 0.5) is 0 Å². The summed E-state index contributed by atoms with van der Waals surface area (Å²) in [4.78, 5) is 4.75. The second-order valence-corrected chi connectivity index (χ2v) is 15.7. The number of pyridine rings is 1. The van der Waals surface area contributed by atoms with Crippen LogP contribution in [-0.2, 0) is 24.6 Å². The summed E-state index contributed by atoms with van der Waals surface area (Å²) in [6, 6.07) is 15.1. The number of ether oxygens (including phenoxy) is 2. The number of piperidine rings is 1. The van der Waals surface area contributed by atoms with Gasteiger partial charge in [0.25, 0.3) is 0 Å². The summed E-state index contributed by atoms with van der Waals surface area (Å²) < 4.78 is 65.1. The Bertz CT molecular complexity index is 1600. The monoisotopic (exact) mass is 617 g/mol. The van der Waals surface area contributed by atoms with Gasteiger partial charge in [-0.1, -0.05) is 26.0 Å². The molecule has 228 valence electrons. The van der Waals surface area contributed by atoms with Crippen LogP contribution >= 0.6 is 0 Å². The van der Waals surface area contributed by atoms with E-state index in [1.807, 2.05) is 19.9 Å². The number of nitrogens with one attached hydrogen (secondary N) is 1. The van der Waals surface area contributed by atoms with Gasteiger partial charge in [0.1, 0.15) is 18.5 Å². The van der Waals surface area contributed by atoms with Gasteiger partial charge in [0.2, 0.25) is 10.0 Å². The predicted molar refractivity (Wildman–Crippen MR) is 160 cm³/mol. The number of nitrogens with zero attached hydrogens (tertiary/aromatic N) is 2. The summed E-state index contributed by atoms with van der Waals surface area (Å²) in [6.07, 6.45) is 2.81. The first-order chi connectivity index (χ1) is 20.0. The molecule has 3 heterocycles. The number of sulfonamides is 1. The normalized spacial score (nSPS) is 20.3. The number of hydrogen-bond acceptors (Lipinski definition) is 9. The molecule has 2 saturated heterocycles. The van der Waals surface area contributed by atoms with Gasteiger partial charge in [0.05, 0.1) is 33.3 Å². The van der Waals surface area contributed by atoms with Crippen LogP contribution < -0.4 is 10.1 Å². The maximum Gasteiger partial charge on any atom is 0.243 e. The van der Waals surface area contributed by atoms with Crippen molar-refractivity contribution in [3.05, 3.63) is 60.8 Å². The molecule has 2 aliphatic rings. The van der Waals surface area contributed by atoms with Gasteiger partial charge in [-0.05, 0) is 67.6 Å². The van der Waals surface area contributed by atoms with Gasteiger partial charge in [0, 0.05) is 37.3 Å². The van der Waals surface area contributed by atoms with Crippen molar-refractivity contribution in [2.75, 3.05) is 38.6 Å². The Morgan fingerprint density at radius 3 is 2.62 bits per heavy atom. The van der Waals surface area contributed by atoms with E-state index in [1.165, 1.54) is 10.4 Å². The maximum atomic E-state index is 13.3. The SMILES string of the molecule is CC(C)CS(=O)(=O)c1cccc(OCC(O)CN[C@H]2COC3(CCN(S(=O)(=O)c4ccc5ncccc5c4)CC3)C2)c1. The number of sulfone groups is 1. The average molecular weight is 618 g/mol. The van der Waals surface area contributed by atoms with E-state index in [0.29, 0.717) is 38.3 Å². The zero-order valence-corrected chi connectivity index (χ0v) is 25.6. The highest BCUT2D eigenvalue weighted by Crippen LogP contribution is 2.37. The predicted octanol–water partition coefficient (Wildman–Crippen LogP) is 3.01. The van der Waals surface area contributed by atoms with Gasteiger partial charge in [-0.15, -0.1) is 0 Å². The number of rotatable bonds is 11. The Morgan fingerprint density at radius 2 is 1.86 bits per heavy atom. The van der Waals surface area contributed by atoms with Gasteiger partial charge < -0.3 is 19.9 Å². The van der Waals surface area contributed by atoms with E-state index in [2.05, 4.69) is 10.3 Å². The summed E-state index contributed by atoms with van der Waals surface area (Å²) in [5, 5.41) is 14.6. The molecule has 2 N–H and O–H groups in total. The number of aliphatic hydroxyl groups excluding tert-OH is 1. The zero-order valence-electron chi connectivity index (χ0n) is 24.0. The Morgan fingerprint density at radius 1 is 1.07 bits per heavy atom. The molecule has 12 heteroatoms. The van der Waals surface area contributed by atoms with Gasteiger partial charge >= 0.3 is 0 Å². The molecule has 5 rings (SSSR count). The molecule has 0 aliphatic carbocycles. The van der Waals surface area contributed by atoms with Crippen LogP contribution in [0.5, 0.6) is 5.75 Å². The van der Waals surface area contributed by atoms with Crippen molar-refractivity contribution in [2.24, 2.45) is 5.92 Å². The Labute approximate surface area is 248 Å². The lowest BCUT2D eigenvalue weighted by atomic mass is 9.88. The van der Waals surface area contributed by atoms with E-state index in [9.17, 15) is 21.9 Å². The molecular weight excluding hydrogens is 578 g/mol. The summed E-state index contributed by atoms with van der Waals surface area (Å²) >= 11 is 0. The molecule has 1 aromatic heterocycles. The van der Waals surface area contributed by atoms with Gasteiger partial charge in [-0.3, -0.25) is 4.98 Å². The second kappa shape index (κ2) is 12.6. The van der Waals surface area contributed by atoms with Crippen LogP contribution in [0.15, 0.2) is 70.6 Å². The van der Waals surface area contributed by atoms with E-state index in [4.69, 9.17) is 9.47 Å². The molecule has 0 radical (unpaired) electrons. The molecule has 1 unspecified atom stereocenters. The van der Waals surface area contributed by atoms with Gasteiger partial charge in [0.15, 0.2) is 9.84 Å². The number of fused-ring (bicyclic) bond motifs is 1. The van der Waals surface area contributed by atoms with Crippen molar-refractivity contribution >= 4 is 30.8 Å². The molecule has 0 bridgehead atoms. The van der Waals surface area contributed by atoms with Gasteiger partial charge in [-0.25, -0.2) is 16.8 Å². The summed E-state index contributed by atoms with van der Waals surface area (Å²) in [5.41, 5.74) is 0.366. The van der Waals surface area contributed by atoms with E-state index in [1.54, 1.807) is 48.7 Å². The lowest BCUT2D eigenvalue weighted by Crippen LogP contribution is -2.47. The molecule has 0 saturated carbocycles. The van der Waals surface area contributed by atoms with Crippen LogP contribution in [0.2, 0.25) is 0 Å². The van der Waals surface area contributed by atoms with E-state index < -0.39 is 26.0 Å². The standard InChI is InChI=1S/C30H39N3O7S2/c1-22(2)21-41(35,36)27-7-3-6-26(16-27)39-20-25(34)18-32-24-17-30(40-19-24)10-13-33(14-11-30)42(37,38)28-8-9-29-23(15-28)5-4-12-31-29/h3-9,12,15-16,22,24-25,32,34H,10-11,13-14,17-21H2,1-2H3/t24-,25?/m1/s1. The Balaban J connectivity index is 1.08. The van der Waals surface area contributed by atoms with Crippen LogP contribution in [0.3, 0.4) is 0 Å². The first-order valence-electron chi connectivity index (χ1n) is 14.3. The lowest BCUT2D eigenvalue weighted by Gasteiger charge is -2.38. The summed E-state index contributed by atoms with van der Waals surface area (Å²) in [7, 11) is -7.02. The van der Waals surface area contributed by atoms with E-state index in [0.717, 1.165) is 17.3 Å². The van der Waals surface area contributed by atoms with Crippen LogP contribution in [0.25, 0.3) is 10.9 Å². The molecule has 0 amide bonds. The first kappa shape index (κ1) is 30.8. The Kier molecular flexibility index (Phi) is 9.22. The van der Waals surface area contributed by atoms with Crippen molar-refractivity contribution in [2.45, 2.75) is 60.6 Å². The second-order valence-electron chi connectivity index (χ2n) is 11.7. The fraction of sp³-hybridized carbons (Fsp3) is 0.500. The lowest BCUT2D eigenvalue weighted by molar-refractivity contribution is -0.0312. The van der Waals surface area contributed by atoms with E-state index in [-0.39, 0.29) is 46.3 Å². The number of aliphatic hydroxyl groups is 1. The highest BCUT2D eigenvalue weighted by atomic mass is 32.2. The van der Waals surface area contributed by atoms with Crippen molar-refractivity contribution < 1.29 is 31.4 Å². The van der Waals surface area contributed by atoms with Crippen molar-refractivity contribution in [3.8, 4) is 5.75 Å². The van der Waals surface area contributed by atoms with Crippen LogP contribution in [-0.4, -0.2) is 87.6 Å². The Hall–Kier alpha value is -2.61. The number of benzene rings is 2. The minimum Gasteiger partial charge on any atom is -0.491 e. The molecule has 42 heavy (non-hydrogen) atoms. The third-order valence-corrected chi connectivity index (χ3v) is 11.8. The highest BCUT2D eigenvalue weighted by molar-refractivity contribution is 7.91. The molecule has 2 aromatic carbocycles. The highest BCUT2D eigenvalue weighted by Gasteiger charge is 2.44. The zero-order chi connectivity index (χ0) is 30.0. The van der Waals surface area contributed by atoms with Crippen LogP contribution in [0.1, 0.15) is 33.1 Å². The quantitative estimate of drug-likeness (QED) is 0.333. The van der Waals surface area contributed by atoms with Crippen molar-refractivity contribution in [1.82, 2.24) is 14.6 Å². The maximum absolute atomic E-state index is 13.3. The smallest absolute Gasteiger partial charge is 0.243 e. The largest absolute Gasteiger partial charge is 0.491 e. The molecule has 2 atom stereocenters. The first-order valence-corrected chi connectivity index (χ1v) is 17.4. The third-order valence-electron chi connectivity index (χ3n) is 7.86. The molecule has 2 fully saturated rings. The summed E-state index contributed by atoms with van der Waals surface area (Å²) in [5.74, 6) is 0.466. The minimum atomic E-state index is -3.63. The third kappa shape index (κ3) is 7.12. The minimum absolute atomic E-state index is 0.0110. The fourth-order valence-corrected chi connectivity index (χ4v) is 8.80. The van der Waals surface area contributed by atoms with E-state index >= 15 is 0 Å². The molecule has 1 spiro atoms. The molecular formula is C30H39N3O7S2. The van der Waals surface area contributed by atoms with Crippen molar-refractivity contribution in [1.29, 1.82) is 0 Å². The number of hydrogen-bond donors (Lipinski definition) is 2. The molecule has 10 nitrogen and oxygen atoms in total. The average Bonchev–Trinajstić information content (AvgIpc) is 3.36. The fourth-order valence-electron chi connectivity index (χ4n) is 5.67. The molecule has 2 aliphatic heterocycles. The van der Waals surface area contributed by atoms with Crippen molar-refractivity contribution in [3.63, 3.8) is 0 Å². The van der Waals surface area contributed by atoms with Crippen LogP contribution in [0, 0.1) is 5.92 Å². The van der Waals surface area contributed by atoms with Gasteiger partial charge in [-0.2, -0.15) is 4.31 Å². The molecule has 3 aromatic rings. The summed E-state index contributed by atoms with van der Waals surface area (Å²) in [6.45, 7) is 5.25. The number of aromatic nitrogens is 1.